The van der Waals surface area contributed by atoms with E-state index in [4.69, 9.17) is 16.1 Å². The van der Waals surface area contributed by atoms with Crippen molar-refractivity contribution in [1.82, 2.24) is 20.4 Å². The lowest BCUT2D eigenvalue weighted by Gasteiger charge is -2.35. The summed E-state index contributed by atoms with van der Waals surface area (Å²) in [6, 6.07) is 7.45. The number of halogens is 1. The Kier molecular flexibility index (Phi) is 5.46. The van der Waals surface area contributed by atoms with Crippen LogP contribution in [0.5, 0.6) is 0 Å². The van der Waals surface area contributed by atoms with Crippen LogP contribution in [0.15, 0.2) is 28.8 Å². The van der Waals surface area contributed by atoms with Crippen LogP contribution in [0, 0.1) is 5.92 Å². The number of carbonyl (C=O) groups is 2. The summed E-state index contributed by atoms with van der Waals surface area (Å²) >= 11 is 5.95. The second-order valence-electron chi connectivity index (χ2n) is 9.17. The molecule has 3 fully saturated rings. The number of hydrogen-bond donors (Lipinski definition) is 1. The molecule has 0 unspecified atom stereocenters. The predicted octanol–water partition coefficient (Wildman–Crippen LogP) is 3.92. The van der Waals surface area contributed by atoms with Crippen molar-refractivity contribution >= 4 is 23.4 Å². The lowest BCUT2D eigenvalue weighted by atomic mass is 9.81. The Morgan fingerprint density at radius 3 is 2.65 bits per heavy atom. The molecule has 1 atom stereocenters. The summed E-state index contributed by atoms with van der Waals surface area (Å²) < 4.78 is 5.64. The van der Waals surface area contributed by atoms with E-state index in [-0.39, 0.29) is 24.2 Å². The molecule has 1 saturated heterocycles. The molecule has 7 nitrogen and oxygen atoms in total. The fourth-order valence-electron chi connectivity index (χ4n) is 4.73. The molecule has 1 aromatic carbocycles. The average molecular weight is 443 g/mol. The van der Waals surface area contributed by atoms with Gasteiger partial charge in [0.1, 0.15) is 5.54 Å². The first kappa shape index (κ1) is 20.5. The van der Waals surface area contributed by atoms with E-state index >= 15 is 0 Å². The summed E-state index contributed by atoms with van der Waals surface area (Å²) in [6.45, 7) is 0.903. The average Bonchev–Trinajstić information content (AvgIpc) is 3.38. The van der Waals surface area contributed by atoms with Gasteiger partial charge in [0.15, 0.2) is 5.82 Å². The van der Waals surface area contributed by atoms with Crippen molar-refractivity contribution in [3.05, 3.63) is 46.6 Å². The van der Waals surface area contributed by atoms with Gasteiger partial charge in [0.25, 0.3) is 5.89 Å². The van der Waals surface area contributed by atoms with Crippen LogP contribution >= 0.6 is 11.6 Å². The Balaban J connectivity index is 1.28. The maximum Gasteiger partial charge on any atom is 0.252 e. The number of likely N-dealkylation sites (tertiary alicyclic amines) is 1. The van der Waals surface area contributed by atoms with Crippen molar-refractivity contribution in [3.63, 3.8) is 0 Å². The van der Waals surface area contributed by atoms with E-state index < -0.39 is 5.54 Å². The highest BCUT2D eigenvalue weighted by Gasteiger charge is 2.44. The molecule has 3 aliphatic rings. The summed E-state index contributed by atoms with van der Waals surface area (Å²) in [5.41, 5.74) is 0.392. The number of benzene rings is 1. The van der Waals surface area contributed by atoms with E-state index in [1.54, 1.807) is 4.90 Å². The van der Waals surface area contributed by atoms with Crippen LogP contribution in [0.3, 0.4) is 0 Å². The molecule has 2 aromatic rings. The van der Waals surface area contributed by atoms with E-state index in [9.17, 15) is 9.59 Å². The third kappa shape index (κ3) is 4.33. The molecule has 0 bridgehead atoms. The Labute approximate surface area is 186 Å². The molecule has 0 radical (unpaired) electrons. The minimum atomic E-state index is -0.609. The quantitative estimate of drug-likeness (QED) is 0.732. The molecular formula is C23H27ClN4O3. The van der Waals surface area contributed by atoms with Crippen LogP contribution in [-0.2, 0) is 21.7 Å². The van der Waals surface area contributed by atoms with Crippen LogP contribution in [-0.4, -0.2) is 33.4 Å². The van der Waals surface area contributed by atoms with Crippen LogP contribution in [0.4, 0.5) is 0 Å². The minimum Gasteiger partial charge on any atom is -0.341 e. The van der Waals surface area contributed by atoms with Gasteiger partial charge in [0, 0.05) is 30.5 Å². The van der Waals surface area contributed by atoms with E-state index in [0.717, 1.165) is 56.3 Å². The van der Waals surface area contributed by atoms with Gasteiger partial charge >= 0.3 is 0 Å². The first-order chi connectivity index (χ1) is 15.0. The van der Waals surface area contributed by atoms with Gasteiger partial charge in [-0.2, -0.15) is 4.98 Å². The molecule has 1 aliphatic heterocycles. The molecule has 1 aromatic heterocycles. The van der Waals surface area contributed by atoms with Crippen molar-refractivity contribution in [2.75, 3.05) is 6.54 Å². The molecule has 2 saturated carbocycles. The number of amides is 2. The summed E-state index contributed by atoms with van der Waals surface area (Å²) in [5.74, 6) is 1.23. The lowest BCUT2D eigenvalue weighted by molar-refractivity contribution is -0.130. The molecule has 8 heteroatoms. The third-order valence-corrected chi connectivity index (χ3v) is 6.99. The molecule has 1 N–H and O–H groups in total. The van der Waals surface area contributed by atoms with Crippen molar-refractivity contribution < 1.29 is 14.1 Å². The summed E-state index contributed by atoms with van der Waals surface area (Å²) in [5, 5.41) is 8.08. The molecule has 2 heterocycles. The van der Waals surface area contributed by atoms with Crippen molar-refractivity contribution in [3.8, 4) is 0 Å². The van der Waals surface area contributed by atoms with E-state index in [1.165, 1.54) is 0 Å². The monoisotopic (exact) mass is 442 g/mol. The molecule has 2 aliphatic carbocycles. The molecule has 0 spiro atoms. The van der Waals surface area contributed by atoms with Crippen molar-refractivity contribution in [2.45, 2.75) is 69.4 Å². The topological polar surface area (TPSA) is 88.3 Å². The molecule has 164 valence electrons. The van der Waals surface area contributed by atoms with Gasteiger partial charge in [-0.05, 0) is 43.4 Å². The van der Waals surface area contributed by atoms with Gasteiger partial charge in [-0.1, -0.05) is 48.2 Å². The fourth-order valence-corrected chi connectivity index (χ4v) is 4.86. The number of aromatic nitrogens is 2. The fraction of sp³-hybridized carbons (Fsp3) is 0.565. The van der Waals surface area contributed by atoms with E-state index in [1.807, 2.05) is 24.3 Å². The summed E-state index contributed by atoms with van der Waals surface area (Å²) in [7, 11) is 0. The van der Waals surface area contributed by atoms with Gasteiger partial charge in [0.2, 0.25) is 11.8 Å². The number of rotatable bonds is 6. The highest BCUT2D eigenvalue weighted by atomic mass is 35.5. The van der Waals surface area contributed by atoms with Crippen LogP contribution in [0.1, 0.15) is 74.6 Å². The first-order valence-corrected chi connectivity index (χ1v) is 11.6. The maximum atomic E-state index is 13.2. The van der Waals surface area contributed by atoms with Crippen molar-refractivity contribution in [2.24, 2.45) is 5.92 Å². The van der Waals surface area contributed by atoms with Crippen LogP contribution in [0.25, 0.3) is 0 Å². The zero-order valence-corrected chi connectivity index (χ0v) is 18.2. The second kappa shape index (κ2) is 8.26. The molecular weight excluding hydrogens is 416 g/mol. The normalized spacial score (nSPS) is 23.2. The zero-order valence-electron chi connectivity index (χ0n) is 17.5. The maximum absolute atomic E-state index is 13.2. The standard InChI is InChI=1S/C23H27ClN4O3/c24-18-8-4-15(5-9-18)13-28-14-17(12-19(28)29)21(30)26-23(10-2-1-3-11-23)22-25-20(27-31-22)16-6-7-16/h4-5,8-9,16-17H,1-3,6-7,10-14H2,(H,26,30)/t17-/m0/s1. The van der Waals surface area contributed by atoms with Gasteiger partial charge in [-0.3, -0.25) is 9.59 Å². The SMILES string of the molecule is O=C(NC1(c2nc(C3CC3)no2)CCCCC1)[C@H]1CC(=O)N(Cc2ccc(Cl)cc2)C1. The number of carbonyl (C=O) groups excluding carboxylic acids is 2. The molecule has 2 amide bonds. The van der Waals surface area contributed by atoms with Gasteiger partial charge in [-0.25, -0.2) is 0 Å². The van der Waals surface area contributed by atoms with Gasteiger partial charge in [0.05, 0.1) is 5.92 Å². The second-order valence-corrected chi connectivity index (χ2v) is 9.60. The Hall–Kier alpha value is -2.41. The Morgan fingerprint density at radius 1 is 1.19 bits per heavy atom. The van der Waals surface area contributed by atoms with Crippen molar-refractivity contribution in [1.29, 1.82) is 0 Å². The molecule has 31 heavy (non-hydrogen) atoms. The van der Waals surface area contributed by atoms with Gasteiger partial charge in [-0.15, -0.1) is 0 Å². The summed E-state index contributed by atoms with van der Waals surface area (Å²) in [6.07, 6.45) is 7.17. The van der Waals surface area contributed by atoms with Crippen LogP contribution in [0.2, 0.25) is 5.02 Å². The third-order valence-electron chi connectivity index (χ3n) is 6.74. The predicted molar refractivity (Wildman–Crippen MR) is 114 cm³/mol. The summed E-state index contributed by atoms with van der Waals surface area (Å²) in [4.78, 5) is 32.2. The highest BCUT2D eigenvalue weighted by Crippen LogP contribution is 2.41. The van der Waals surface area contributed by atoms with Crippen LogP contribution < -0.4 is 5.32 Å². The van der Waals surface area contributed by atoms with E-state index in [0.29, 0.717) is 29.9 Å². The highest BCUT2D eigenvalue weighted by molar-refractivity contribution is 6.30. The first-order valence-electron chi connectivity index (χ1n) is 11.2. The lowest BCUT2D eigenvalue weighted by Crippen LogP contribution is -2.50. The number of nitrogens with zero attached hydrogens (tertiary/aromatic N) is 3. The number of hydrogen-bond acceptors (Lipinski definition) is 5. The zero-order chi connectivity index (χ0) is 21.4. The smallest absolute Gasteiger partial charge is 0.252 e. The number of nitrogens with one attached hydrogen (secondary N) is 1. The Bertz CT molecular complexity index is 963. The largest absolute Gasteiger partial charge is 0.341 e. The van der Waals surface area contributed by atoms with Gasteiger partial charge < -0.3 is 14.7 Å². The van der Waals surface area contributed by atoms with E-state index in [2.05, 4.69) is 15.5 Å². The Morgan fingerprint density at radius 2 is 1.94 bits per heavy atom. The minimum absolute atomic E-state index is 0.00149. The molecule has 5 rings (SSSR count).